The Hall–Kier alpha value is -2.60. The highest BCUT2D eigenvalue weighted by molar-refractivity contribution is 7.89. The zero-order valence-corrected chi connectivity index (χ0v) is 21.9. The third-order valence-electron chi connectivity index (χ3n) is 6.42. The van der Waals surface area contributed by atoms with Gasteiger partial charge < -0.3 is 19.7 Å². The summed E-state index contributed by atoms with van der Waals surface area (Å²) >= 11 is 0. The Bertz CT molecular complexity index is 1150. The van der Waals surface area contributed by atoms with Crippen LogP contribution in [0.15, 0.2) is 47.4 Å². The van der Waals surface area contributed by atoms with E-state index >= 15 is 0 Å². The number of rotatable bonds is 8. The Morgan fingerprint density at radius 3 is 2.25 bits per heavy atom. The summed E-state index contributed by atoms with van der Waals surface area (Å²) in [6.45, 7) is 5.43. The van der Waals surface area contributed by atoms with E-state index in [9.17, 15) is 22.0 Å². The maximum Gasteiger partial charge on any atom is 0.322 e. The minimum Gasteiger partial charge on any atom is -0.340 e. The molecule has 1 aliphatic rings. The van der Waals surface area contributed by atoms with E-state index in [0.717, 1.165) is 12.1 Å². The lowest BCUT2D eigenvalue weighted by Gasteiger charge is -2.45. The molecule has 198 valence electrons. The van der Waals surface area contributed by atoms with Gasteiger partial charge in [-0.15, -0.1) is 4.31 Å². The van der Waals surface area contributed by atoms with Crippen LogP contribution in [0, 0.1) is 17.6 Å². The van der Waals surface area contributed by atoms with Gasteiger partial charge in [-0.05, 0) is 62.6 Å². The van der Waals surface area contributed by atoms with Gasteiger partial charge in [-0.3, -0.25) is 0 Å². The van der Waals surface area contributed by atoms with Crippen LogP contribution in [0.3, 0.4) is 0 Å². The minimum atomic E-state index is -3.97. The molecule has 2 aromatic rings. The molecule has 3 rings (SSSR count). The molecule has 11 heteroatoms. The summed E-state index contributed by atoms with van der Waals surface area (Å²) in [7, 11) is -1.14. The van der Waals surface area contributed by atoms with E-state index < -0.39 is 33.6 Å². The molecule has 1 saturated heterocycles. The minimum absolute atomic E-state index is 0.0164. The van der Waals surface area contributed by atoms with Crippen molar-refractivity contribution in [2.45, 2.75) is 57.0 Å². The normalized spacial score (nSPS) is 18.3. The van der Waals surface area contributed by atoms with Gasteiger partial charge in [-0.1, -0.05) is 13.0 Å². The second-order valence-corrected chi connectivity index (χ2v) is 11.0. The van der Waals surface area contributed by atoms with Gasteiger partial charge in [0.15, 0.2) is 0 Å². The van der Waals surface area contributed by atoms with Crippen LogP contribution in [-0.4, -0.2) is 56.4 Å². The number of carbonyl (C=O) groups excluding carboxylic acids is 1. The maximum absolute atomic E-state index is 14.1. The van der Waals surface area contributed by atoms with Crippen molar-refractivity contribution in [1.29, 1.82) is 0 Å². The first kappa shape index (κ1) is 28.0. The number of piperidine rings is 1. The van der Waals surface area contributed by atoms with Gasteiger partial charge in [-0.25, -0.2) is 22.0 Å². The number of carbonyl (C=O) groups is 1. The molecule has 0 bridgehead atoms. The molecular formula is C25H33F2N3O5S. The highest BCUT2D eigenvalue weighted by Gasteiger charge is 2.48. The number of hydrogen-bond donors (Lipinski definition) is 1. The highest BCUT2D eigenvalue weighted by Crippen LogP contribution is 2.37. The summed E-state index contributed by atoms with van der Waals surface area (Å²) in [6.07, 6.45) is 1.05. The van der Waals surface area contributed by atoms with Crippen LogP contribution in [0.2, 0.25) is 0 Å². The fourth-order valence-electron chi connectivity index (χ4n) is 4.28. The molecule has 0 aromatic heterocycles. The number of ether oxygens (including phenoxy) is 2. The van der Waals surface area contributed by atoms with Crippen LogP contribution in [0.25, 0.3) is 0 Å². The van der Waals surface area contributed by atoms with Crippen LogP contribution in [0.5, 0.6) is 0 Å². The van der Waals surface area contributed by atoms with E-state index in [-0.39, 0.29) is 35.5 Å². The number of anilines is 1. The number of nitrogens with one attached hydrogen (secondary N) is 1. The van der Waals surface area contributed by atoms with Gasteiger partial charge in [0.05, 0.1) is 11.4 Å². The first-order chi connectivity index (χ1) is 16.9. The number of methoxy groups -OCH3 is 2. The Kier molecular flexibility index (Phi) is 8.71. The van der Waals surface area contributed by atoms with Crippen molar-refractivity contribution in [2.24, 2.45) is 5.92 Å². The predicted octanol–water partition coefficient (Wildman–Crippen LogP) is 4.77. The van der Waals surface area contributed by atoms with Gasteiger partial charge in [0.1, 0.15) is 11.6 Å². The molecule has 8 nitrogen and oxygen atoms in total. The summed E-state index contributed by atoms with van der Waals surface area (Å²) in [5.74, 6) is -2.66. The molecule has 0 saturated carbocycles. The monoisotopic (exact) mass is 525 g/mol. The van der Waals surface area contributed by atoms with Crippen LogP contribution in [0.4, 0.5) is 19.3 Å². The van der Waals surface area contributed by atoms with E-state index in [1.807, 2.05) is 6.92 Å². The zero-order valence-electron chi connectivity index (χ0n) is 21.1. The zero-order chi connectivity index (χ0) is 26.7. The molecule has 1 unspecified atom stereocenters. The summed E-state index contributed by atoms with van der Waals surface area (Å²) in [4.78, 5) is 14.2. The molecule has 1 atom stereocenters. The molecule has 1 fully saturated rings. The van der Waals surface area contributed by atoms with Crippen molar-refractivity contribution in [3.8, 4) is 0 Å². The fraction of sp³-hybridized carbons (Fsp3) is 0.480. The smallest absolute Gasteiger partial charge is 0.322 e. The number of halogens is 2. The second kappa shape index (κ2) is 11.2. The van der Waals surface area contributed by atoms with Crippen molar-refractivity contribution in [3.63, 3.8) is 0 Å². The van der Waals surface area contributed by atoms with Crippen LogP contribution >= 0.6 is 0 Å². The van der Waals surface area contributed by atoms with E-state index in [4.69, 9.17) is 9.47 Å². The molecular weight excluding hydrogens is 492 g/mol. The van der Waals surface area contributed by atoms with Gasteiger partial charge in [-0.2, -0.15) is 0 Å². The molecule has 1 aliphatic heterocycles. The molecule has 2 aromatic carbocycles. The van der Waals surface area contributed by atoms with Gasteiger partial charge in [0.25, 0.3) is 0 Å². The lowest BCUT2D eigenvalue weighted by atomic mass is 9.97. The Morgan fingerprint density at radius 2 is 1.72 bits per heavy atom. The number of benzene rings is 2. The first-order valence-corrected chi connectivity index (χ1v) is 13.1. The van der Waals surface area contributed by atoms with Crippen molar-refractivity contribution in [2.75, 3.05) is 26.1 Å². The number of amides is 2. The third kappa shape index (κ3) is 5.69. The summed E-state index contributed by atoms with van der Waals surface area (Å²) in [5, 5.41) is 2.67. The molecule has 1 heterocycles. The predicted molar refractivity (Wildman–Crippen MR) is 132 cm³/mol. The van der Waals surface area contributed by atoms with Gasteiger partial charge in [0.2, 0.25) is 15.9 Å². The summed E-state index contributed by atoms with van der Waals surface area (Å²) < 4.78 is 67.4. The lowest BCUT2D eigenvalue weighted by molar-refractivity contribution is -0.288. The molecule has 0 aliphatic carbocycles. The lowest BCUT2D eigenvalue weighted by Crippen LogP contribution is -2.58. The van der Waals surface area contributed by atoms with Crippen molar-refractivity contribution >= 4 is 21.7 Å². The quantitative estimate of drug-likeness (QED) is 0.502. The van der Waals surface area contributed by atoms with E-state index in [1.54, 1.807) is 13.8 Å². The van der Waals surface area contributed by atoms with Gasteiger partial charge >= 0.3 is 6.03 Å². The number of urea groups is 1. The number of nitrogens with zero attached hydrogens (tertiary/aromatic N) is 2. The van der Waals surface area contributed by atoms with Crippen molar-refractivity contribution in [1.82, 2.24) is 9.21 Å². The topological polar surface area (TPSA) is 88.2 Å². The number of sulfonamides is 1. The van der Waals surface area contributed by atoms with Crippen LogP contribution in [-0.2, 0) is 26.0 Å². The maximum atomic E-state index is 14.1. The van der Waals surface area contributed by atoms with Crippen molar-refractivity contribution in [3.05, 3.63) is 59.7 Å². The molecule has 2 amide bonds. The van der Waals surface area contributed by atoms with E-state index in [1.165, 1.54) is 53.8 Å². The molecule has 0 spiro atoms. The summed E-state index contributed by atoms with van der Waals surface area (Å²) in [6, 6.07) is 8.29. The van der Waals surface area contributed by atoms with Crippen LogP contribution in [0.1, 0.15) is 39.2 Å². The summed E-state index contributed by atoms with van der Waals surface area (Å²) in [5.41, 5.74) is 0.119. The molecule has 1 N–H and O–H groups in total. The third-order valence-corrected chi connectivity index (χ3v) is 8.33. The standard InChI is InChI=1S/C25H33F2N3O5S/c1-17(2)29(16-21-22(26)7-6-8-23(21)27)24(31)28-19-9-11-20(12-10-19)36(32,33)30-14-13-18(3)15-25(30,34-4)35-5/h6-12,17-18H,13-16H2,1-5H3,(H,28,31). The fourth-order valence-corrected chi connectivity index (χ4v) is 5.95. The average Bonchev–Trinajstić information content (AvgIpc) is 2.83. The van der Waals surface area contributed by atoms with Crippen molar-refractivity contribution < 1.29 is 31.5 Å². The SMILES string of the molecule is COC1(OC)CC(C)CCN1S(=O)(=O)c1ccc(NC(=O)N(Cc2c(F)cccc2F)C(C)C)cc1. The Balaban J connectivity index is 1.79. The average molecular weight is 526 g/mol. The van der Waals surface area contributed by atoms with Crippen LogP contribution < -0.4 is 5.32 Å². The van der Waals surface area contributed by atoms with E-state index in [0.29, 0.717) is 18.5 Å². The second-order valence-electron chi connectivity index (χ2n) is 9.17. The van der Waals surface area contributed by atoms with Gasteiger partial charge in [0, 0.05) is 44.5 Å². The molecule has 36 heavy (non-hydrogen) atoms. The molecule has 0 radical (unpaired) electrons. The first-order valence-electron chi connectivity index (χ1n) is 11.7. The highest BCUT2D eigenvalue weighted by atomic mass is 32.2. The number of hydrogen-bond acceptors (Lipinski definition) is 5. The van der Waals surface area contributed by atoms with E-state index in [2.05, 4.69) is 5.32 Å². The largest absolute Gasteiger partial charge is 0.340 e. The Labute approximate surface area is 211 Å². The Morgan fingerprint density at radius 1 is 1.14 bits per heavy atom.